The Morgan fingerprint density at radius 2 is 2.25 bits per heavy atom. The van der Waals surface area contributed by atoms with Gasteiger partial charge in [0.15, 0.2) is 0 Å². The highest BCUT2D eigenvalue weighted by Crippen LogP contribution is 2.25. The van der Waals surface area contributed by atoms with Gasteiger partial charge >= 0.3 is 0 Å². The zero-order chi connectivity index (χ0) is 19.5. The highest BCUT2D eigenvalue weighted by molar-refractivity contribution is 6.30. The fraction of sp³-hybridized carbons (Fsp3) is 0.350. The van der Waals surface area contributed by atoms with Crippen molar-refractivity contribution in [1.82, 2.24) is 20.3 Å². The molecule has 7 nitrogen and oxygen atoms in total. The first-order valence-electron chi connectivity index (χ1n) is 9.42. The second-order valence-electron chi connectivity index (χ2n) is 7.10. The summed E-state index contributed by atoms with van der Waals surface area (Å²) >= 11 is 6.04. The van der Waals surface area contributed by atoms with Gasteiger partial charge in [0.25, 0.3) is 0 Å². The molecular weight excluding hydrogens is 376 g/mol. The minimum atomic E-state index is -0.0271. The maximum absolute atomic E-state index is 12.4. The number of aryl methyl sites for hydroxylation is 1. The number of fused-ring (bicyclic) bond motifs is 1. The Labute approximate surface area is 168 Å². The van der Waals surface area contributed by atoms with Gasteiger partial charge in [0, 0.05) is 36.0 Å². The van der Waals surface area contributed by atoms with Crippen LogP contribution in [-0.2, 0) is 4.79 Å². The number of nitrogens with one attached hydrogen (secondary N) is 3. The number of hydrogen-bond donors (Lipinski definition) is 3. The van der Waals surface area contributed by atoms with Crippen LogP contribution < -0.4 is 15.5 Å². The van der Waals surface area contributed by atoms with Crippen molar-refractivity contribution in [3.63, 3.8) is 0 Å². The van der Waals surface area contributed by atoms with Crippen LogP contribution in [0.4, 0.5) is 11.5 Å². The number of aromatic nitrogens is 3. The van der Waals surface area contributed by atoms with E-state index in [1.54, 1.807) is 6.33 Å². The van der Waals surface area contributed by atoms with Gasteiger partial charge in [-0.3, -0.25) is 4.79 Å². The maximum Gasteiger partial charge on any atom is 0.239 e. The van der Waals surface area contributed by atoms with E-state index in [1.807, 2.05) is 37.4 Å². The first kappa shape index (κ1) is 18.6. The number of anilines is 2. The van der Waals surface area contributed by atoms with Crippen molar-refractivity contribution in [2.45, 2.75) is 25.8 Å². The lowest BCUT2D eigenvalue weighted by molar-refractivity contribution is -0.120. The smallest absolute Gasteiger partial charge is 0.239 e. The standard InChI is InChI=1S/C20H23ClN6O/c1-13-4-5-14(21)9-17(13)23-10-18(28)26-15-3-2-8-27(11-15)20-16-6-7-22-19(16)24-12-25-20/h4-7,9,12,15,23H,2-3,8,10-11H2,1H3,(H,26,28)(H,22,24,25)/t15-/m1/s1. The molecule has 1 fully saturated rings. The zero-order valence-electron chi connectivity index (χ0n) is 15.7. The predicted molar refractivity (Wildman–Crippen MR) is 112 cm³/mol. The molecule has 0 bridgehead atoms. The lowest BCUT2D eigenvalue weighted by Crippen LogP contribution is -2.49. The summed E-state index contributed by atoms with van der Waals surface area (Å²) in [6.45, 7) is 3.86. The van der Waals surface area contributed by atoms with E-state index >= 15 is 0 Å². The third kappa shape index (κ3) is 4.04. The van der Waals surface area contributed by atoms with Crippen LogP contribution in [0.2, 0.25) is 5.02 Å². The number of H-pyrrole nitrogens is 1. The van der Waals surface area contributed by atoms with Crippen molar-refractivity contribution in [3.8, 4) is 0 Å². The number of nitrogens with zero attached hydrogens (tertiary/aromatic N) is 3. The number of amides is 1. The largest absolute Gasteiger partial charge is 0.376 e. The SMILES string of the molecule is Cc1ccc(Cl)cc1NCC(=O)N[C@@H]1CCCN(c2ncnc3[nH]ccc23)C1. The summed E-state index contributed by atoms with van der Waals surface area (Å²) in [5, 5.41) is 7.97. The van der Waals surface area contributed by atoms with Crippen molar-refractivity contribution < 1.29 is 4.79 Å². The number of aromatic amines is 1. The minimum Gasteiger partial charge on any atom is -0.376 e. The van der Waals surface area contributed by atoms with E-state index in [0.29, 0.717) is 5.02 Å². The molecule has 3 N–H and O–H groups in total. The van der Waals surface area contributed by atoms with Crippen LogP contribution in [0.5, 0.6) is 0 Å². The number of carbonyl (C=O) groups is 1. The first-order valence-corrected chi connectivity index (χ1v) is 9.80. The van der Waals surface area contributed by atoms with Crippen molar-refractivity contribution in [3.05, 3.63) is 47.4 Å². The molecular formula is C20H23ClN6O. The lowest BCUT2D eigenvalue weighted by Gasteiger charge is -2.34. The van der Waals surface area contributed by atoms with Crippen LogP contribution in [0, 0.1) is 6.92 Å². The van der Waals surface area contributed by atoms with Crippen LogP contribution in [0.1, 0.15) is 18.4 Å². The summed E-state index contributed by atoms with van der Waals surface area (Å²) in [7, 11) is 0. The van der Waals surface area contributed by atoms with Crippen LogP contribution in [0.25, 0.3) is 11.0 Å². The molecule has 1 saturated heterocycles. The number of benzene rings is 1. The van der Waals surface area contributed by atoms with Gasteiger partial charge < -0.3 is 20.5 Å². The summed E-state index contributed by atoms with van der Waals surface area (Å²) < 4.78 is 0. The summed E-state index contributed by atoms with van der Waals surface area (Å²) in [5.41, 5.74) is 2.77. The van der Waals surface area contributed by atoms with Gasteiger partial charge in [-0.05, 0) is 43.5 Å². The average molecular weight is 399 g/mol. The highest BCUT2D eigenvalue weighted by atomic mass is 35.5. The summed E-state index contributed by atoms with van der Waals surface area (Å²) in [5.74, 6) is 0.888. The second-order valence-corrected chi connectivity index (χ2v) is 7.54. The fourth-order valence-corrected chi connectivity index (χ4v) is 3.81. The predicted octanol–water partition coefficient (Wildman–Crippen LogP) is 3.12. The molecule has 3 heterocycles. The van der Waals surface area contributed by atoms with E-state index in [4.69, 9.17) is 11.6 Å². The third-order valence-corrected chi connectivity index (χ3v) is 5.29. The van der Waals surface area contributed by atoms with Gasteiger partial charge in [-0.2, -0.15) is 0 Å². The average Bonchev–Trinajstić information content (AvgIpc) is 3.18. The van der Waals surface area contributed by atoms with Crippen molar-refractivity contribution in [2.75, 3.05) is 29.9 Å². The molecule has 0 saturated carbocycles. The number of halogens is 1. The molecule has 0 aliphatic carbocycles. The normalized spacial score (nSPS) is 16.9. The first-order chi connectivity index (χ1) is 13.6. The van der Waals surface area contributed by atoms with Gasteiger partial charge in [0.1, 0.15) is 17.8 Å². The van der Waals surface area contributed by atoms with E-state index < -0.39 is 0 Å². The highest BCUT2D eigenvalue weighted by Gasteiger charge is 2.23. The summed E-state index contributed by atoms with van der Waals surface area (Å²) in [4.78, 5) is 26.5. The van der Waals surface area contributed by atoms with Crippen molar-refractivity contribution >= 4 is 40.0 Å². The lowest BCUT2D eigenvalue weighted by atomic mass is 10.1. The Kier molecular flexibility index (Phi) is 5.34. The topological polar surface area (TPSA) is 85.9 Å². The van der Waals surface area contributed by atoms with E-state index in [2.05, 4.69) is 30.5 Å². The van der Waals surface area contributed by atoms with E-state index in [-0.39, 0.29) is 18.5 Å². The summed E-state index contributed by atoms with van der Waals surface area (Å²) in [6, 6.07) is 7.69. The molecule has 0 unspecified atom stereocenters. The zero-order valence-corrected chi connectivity index (χ0v) is 16.5. The van der Waals surface area contributed by atoms with Gasteiger partial charge in [0.05, 0.1) is 11.9 Å². The molecule has 146 valence electrons. The number of carbonyl (C=O) groups excluding carboxylic acids is 1. The summed E-state index contributed by atoms with van der Waals surface area (Å²) in [6.07, 6.45) is 5.41. The molecule has 1 aliphatic rings. The van der Waals surface area contributed by atoms with Crippen LogP contribution in [0.3, 0.4) is 0 Å². The number of piperidine rings is 1. The van der Waals surface area contributed by atoms with E-state index in [9.17, 15) is 4.79 Å². The quantitative estimate of drug-likeness (QED) is 0.614. The minimum absolute atomic E-state index is 0.0271. The van der Waals surface area contributed by atoms with Crippen LogP contribution >= 0.6 is 11.6 Å². The molecule has 4 rings (SSSR count). The van der Waals surface area contributed by atoms with Gasteiger partial charge in [-0.25, -0.2) is 9.97 Å². The van der Waals surface area contributed by atoms with Gasteiger partial charge in [-0.1, -0.05) is 17.7 Å². The Morgan fingerprint density at radius 1 is 1.36 bits per heavy atom. The van der Waals surface area contributed by atoms with E-state index in [0.717, 1.165) is 54.0 Å². The molecule has 8 heteroatoms. The Morgan fingerprint density at radius 3 is 3.14 bits per heavy atom. The number of rotatable bonds is 5. The monoisotopic (exact) mass is 398 g/mol. The molecule has 1 aliphatic heterocycles. The fourth-order valence-electron chi connectivity index (χ4n) is 3.64. The van der Waals surface area contributed by atoms with Crippen LogP contribution in [-0.4, -0.2) is 46.5 Å². The molecule has 3 aromatic rings. The van der Waals surface area contributed by atoms with E-state index in [1.165, 1.54) is 0 Å². The maximum atomic E-state index is 12.4. The Balaban J connectivity index is 1.36. The molecule has 1 amide bonds. The molecule has 2 aromatic heterocycles. The van der Waals surface area contributed by atoms with Gasteiger partial charge in [-0.15, -0.1) is 0 Å². The molecule has 0 spiro atoms. The molecule has 28 heavy (non-hydrogen) atoms. The second kappa shape index (κ2) is 8.06. The number of hydrogen-bond acceptors (Lipinski definition) is 5. The molecule has 1 atom stereocenters. The Bertz CT molecular complexity index is 988. The molecule has 0 radical (unpaired) electrons. The van der Waals surface area contributed by atoms with Gasteiger partial charge in [0.2, 0.25) is 5.91 Å². The van der Waals surface area contributed by atoms with Crippen molar-refractivity contribution in [1.29, 1.82) is 0 Å². The van der Waals surface area contributed by atoms with Crippen LogP contribution in [0.15, 0.2) is 36.8 Å². The Hall–Kier alpha value is -2.80. The van der Waals surface area contributed by atoms with Crippen molar-refractivity contribution in [2.24, 2.45) is 0 Å². The molecule has 1 aromatic carbocycles. The third-order valence-electron chi connectivity index (χ3n) is 5.06.